The van der Waals surface area contributed by atoms with Gasteiger partial charge in [0.15, 0.2) is 0 Å². The van der Waals surface area contributed by atoms with Gasteiger partial charge in [0.2, 0.25) is 0 Å². The summed E-state index contributed by atoms with van der Waals surface area (Å²) in [6, 6.07) is 11.3. The van der Waals surface area contributed by atoms with Gasteiger partial charge in [-0.15, -0.1) is 0 Å². The number of nitrogens with zero attached hydrogens (tertiary/aromatic N) is 1. The van der Waals surface area contributed by atoms with Crippen LogP contribution in [0.4, 0.5) is 4.39 Å². The number of imidazole rings is 1. The fourth-order valence-corrected chi connectivity index (χ4v) is 2.75. The highest BCUT2D eigenvalue weighted by Crippen LogP contribution is 2.13. The maximum absolute atomic E-state index is 13.6. The summed E-state index contributed by atoms with van der Waals surface area (Å²) in [6.45, 7) is 3.45. The van der Waals surface area contributed by atoms with Crippen molar-refractivity contribution >= 4 is 16.9 Å². The van der Waals surface area contributed by atoms with Crippen molar-refractivity contribution in [1.29, 1.82) is 0 Å². The Morgan fingerprint density at radius 3 is 2.85 bits per heavy atom. The van der Waals surface area contributed by atoms with E-state index in [0.717, 1.165) is 0 Å². The molecule has 1 heterocycles. The largest absolute Gasteiger partial charge is 0.380 e. The van der Waals surface area contributed by atoms with Crippen molar-refractivity contribution in [2.24, 2.45) is 0 Å². The average molecular weight is 357 g/mol. The Morgan fingerprint density at radius 2 is 2.08 bits per heavy atom. The molecular formula is C19H20FN3O3. The summed E-state index contributed by atoms with van der Waals surface area (Å²) >= 11 is 0. The Morgan fingerprint density at radius 1 is 1.27 bits per heavy atom. The van der Waals surface area contributed by atoms with Gasteiger partial charge in [-0.25, -0.2) is 9.18 Å². The van der Waals surface area contributed by atoms with Crippen LogP contribution in [0.2, 0.25) is 0 Å². The number of hydrogen-bond donors (Lipinski definition) is 2. The number of carbonyl (C=O) groups is 1. The molecule has 0 unspecified atom stereocenters. The molecule has 1 aromatic heterocycles. The van der Waals surface area contributed by atoms with Crippen LogP contribution >= 0.6 is 0 Å². The standard InChI is InChI=1S/C19H20FN3O3/c1-2-26-10-9-23-17-8-7-13(11-16(17)22-19(23)25)18(24)21-12-14-5-3-4-6-15(14)20/h3-8,11H,2,9-10,12H2,1H3,(H,21,24)(H,22,25). The predicted octanol–water partition coefficient (Wildman–Crippen LogP) is 2.44. The van der Waals surface area contributed by atoms with Crippen LogP contribution in [0.3, 0.4) is 0 Å². The van der Waals surface area contributed by atoms with Crippen molar-refractivity contribution in [3.8, 4) is 0 Å². The highest BCUT2D eigenvalue weighted by atomic mass is 19.1. The molecule has 26 heavy (non-hydrogen) atoms. The molecule has 2 N–H and O–H groups in total. The Labute approximate surface area is 149 Å². The second kappa shape index (κ2) is 7.97. The molecule has 3 rings (SSSR count). The molecular weight excluding hydrogens is 337 g/mol. The van der Waals surface area contributed by atoms with Crippen molar-refractivity contribution < 1.29 is 13.9 Å². The third kappa shape index (κ3) is 3.83. The number of amides is 1. The Bertz CT molecular complexity index is 978. The maximum Gasteiger partial charge on any atom is 0.326 e. The lowest BCUT2D eigenvalue weighted by Crippen LogP contribution is -2.23. The molecule has 0 fully saturated rings. The van der Waals surface area contributed by atoms with E-state index in [1.807, 2.05) is 6.92 Å². The molecule has 6 nitrogen and oxygen atoms in total. The Kier molecular flexibility index (Phi) is 5.48. The molecule has 7 heteroatoms. The molecule has 1 amide bonds. The smallest absolute Gasteiger partial charge is 0.326 e. The summed E-state index contributed by atoms with van der Waals surface area (Å²) in [6.07, 6.45) is 0. The summed E-state index contributed by atoms with van der Waals surface area (Å²) in [5.41, 5.74) is 1.85. The topological polar surface area (TPSA) is 76.1 Å². The Balaban J connectivity index is 1.75. The molecule has 0 aliphatic carbocycles. The SMILES string of the molecule is CCOCCn1c(=O)[nH]c2cc(C(=O)NCc3ccccc3F)ccc21. The first-order valence-electron chi connectivity index (χ1n) is 8.42. The minimum Gasteiger partial charge on any atom is -0.380 e. The van der Waals surface area contributed by atoms with E-state index in [1.165, 1.54) is 6.07 Å². The summed E-state index contributed by atoms with van der Waals surface area (Å²) in [4.78, 5) is 27.1. The van der Waals surface area contributed by atoms with Crippen molar-refractivity contribution in [2.45, 2.75) is 20.0 Å². The zero-order valence-electron chi connectivity index (χ0n) is 14.4. The van der Waals surface area contributed by atoms with Crippen LogP contribution < -0.4 is 11.0 Å². The van der Waals surface area contributed by atoms with Gasteiger partial charge in [0, 0.05) is 24.3 Å². The molecule has 0 bridgehead atoms. The number of fused-ring (bicyclic) bond motifs is 1. The van der Waals surface area contributed by atoms with Gasteiger partial charge >= 0.3 is 5.69 Å². The van der Waals surface area contributed by atoms with Crippen LogP contribution in [0.15, 0.2) is 47.3 Å². The molecule has 0 radical (unpaired) electrons. The van der Waals surface area contributed by atoms with Gasteiger partial charge in [-0.2, -0.15) is 0 Å². The third-order valence-corrected chi connectivity index (χ3v) is 4.10. The average Bonchev–Trinajstić information content (AvgIpc) is 2.95. The lowest BCUT2D eigenvalue weighted by Gasteiger charge is -2.07. The van der Waals surface area contributed by atoms with Gasteiger partial charge in [-0.05, 0) is 31.2 Å². The quantitative estimate of drug-likeness (QED) is 0.638. The molecule has 0 aliphatic rings. The number of nitrogens with one attached hydrogen (secondary N) is 2. The normalized spacial score (nSPS) is 11.0. The van der Waals surface area contributed by atoms with Crippen LogP contribution in [0.5, 0.6) is 0 Å². The van der Waals surface area contributed by atoms with Crippen LogP contribution in [-0.4, -0.2) is 28.7 Å². The van der Waals surface area contributed by atoms with Gasteiger partial charge in [0.1, 0.15) is 5.82 Å². The highest BCUT2D eigenvalue weighted by Gasteiger charge is 2.11. The first kappa shape index (κ1) is 17.9. The fourth-order valence-electron chi connectivity index (χ4n) is 2.75. The van der Waals surface area contributed by atoms with Crippen LogP contribution in [-0.2, 0) is 17.8 Å². The van der Waals surface area contributed by atoms with Crippen molar-refractivity contribution in [1.82, 2.24) is 14.9 Å². The highest BCUT2D eigenvalue weighted by molar-refractivity contribution is 5.97. The lowest BCUT2D eigenvalue weighted by atomic mass is 10.1. The minimum atomic E-state index is -0.362. The zero-order chi connectivity index (χ0) is 18.5. The predicted molar refractivity (Wildman–Crippen MR) is 96.6 cm³/mol. The number of hydrogen-bond acceptors (Lipinski definition) is 3. The number of halogens is 1. The molecule has 2 aromatic carbocycles. The number of rotatable bonds is 7. The van der Waals surface area contributed by atoms with E-state index in [9.17, 15) is 14.0 Å². The number of aromatic amines is 1. The maximum atomic E-state index is 13.6. The molecule has 0 aliphatic heterocycles. The van der Waals surface area contributed by atoms with E-state index < -0.39 is 0 Å². The first-order valence-corrected chi connectivity index (χ1v) is 8.42. The van der Waals surface area contributed by atoms with Crippen LogP contribution in [0.1, 0.15) is 22.8 Å². The number of carbonyl (C=O) groups excluding carboxylic acids is 1. The number of ether oxygens (including phenoxy) is 1. The molecule has 0 spiro atoms. The fraction of sp³-hybridized carbons (Fsp3) is 0.263. The van der Waals surface area contributed by atoms with Crippen molar-refractivity contribution in [3.63, 3.8) is 0 Å². The van der Waals surface area contributed by atoms with E-state index in [4.69, 9.17) is 4.74 Å². The first-order chi connectivity index (χ1) is 12.6. The van der Waals surface area contributed by atoms with E-state index in [2.05, 4.69) is 10.3 Å². The number of aromatic nitrogens is 2. The van der Waals surface area contributed by atoms with Crippen LogP contribution in [0, 0.1) is 5.82 Å². The number of H-pyrrole nitrogens is 1. The van der Waals surface area contributed by atoms with E-state index in [0.29, 0.717) is 41.9 Å². The summed E-state index contributed by atoms with van der Waals surface area (Å²) in [5.74, 6) is -0.697. The lowest BCUT2D eigenvalue weighted by molar-refractivity contribution is 0.0950. The molecule has 136 valence electrons. The second-order valence-corrected chi connectivity index (χ2v) is 5.78. The van der Waals surface area contributed by atoms with E-state index in [-0.39, 0.29) is 24.0 Å². The zero-order valence-corrected chi connectivity index (χ0v) is 14.4. The van der Waals surface area contributed by atoms with Gasteiger partial charge in [0.05, 0.1) is 24.2 Å². The third-order valence-electron chi connectivity index (χ3n) is 4.10. The molecule has 0 saturated heterocycles. The van der Waals surface area contributed by atoms with Gasteiger partial charge < -0.3 is 15.0 Å². The monoisotopic (exact) mass is 357 g/mol. The minimum absolute atomic E-state index is 0.0927. The van der Waals surface area contributed by atoms with Crippen molar-refractivity contribution in [2.75, 3.05) is 13.2 Å². The second-order valence-electron chi connectivity index (χ2n) is 5.78. The molecule has 0 atom stereocenters. The van der Waals surface area contributed by atoms with Gasteiger partial charge in [-0.1, -0.05) is 18.2 Å². The van der Waals surface area contributed by atoms with Crippen molar-refractivity contribution in [3.05, 3.63) is 69.9 Å². The summed E-state index contributed by atoms with van der Waals surface area (Å²) < 4.78 is 20.5. The summed E-state index contributed by atoms with van der Waals surface area (Å²) in [5, 5.41) is 2.69. The molecule has 0 saturated carbocycles. The van der Waals surface area contributed by atoms with E-state index >= 15 is 0 Å². The number of benzene rings is 2. The van der Waals surface area contributed by atoms with Crippen LogP contribution in [0.25, 0.3) is 11.0 Å². The van der Waals surface area contributed by atoms with E-state index in [1.54, 1.807) is 41.0 Å². The van der Waals surface area contributed by atoms with Gasteiger partial charge in [-0.3, -0.25) is 9.36 Å². The molecule has 3 aromatic rings. The summed E-state index contributed by atoms with van der Waals surface area (Å²) in [7, 11) is 0. The van der Waals surface area contributed by atoms with Gasteiger partial charge in [0.25, 0.3) is 5.91 Å². The Hall–Kier alpha value is -2.93.